The highest BCUT2D eigenvalue weighted by atomic mass is 79.9. The van der Waals surface area contributed by atoms with Gasteiger partial charge in [0.15, 0.2) is 0 Å². The molecule has 0 radical (unpaired) electrons. The fourth-order valence-electron chi connectivity index (χ4n) is 3.53. The van der Waals surface area contributed by atoms with E-state index in [4.69, 9.17) is 4.74 Å². The molecule has 0 N–H and O–H groups in total. The van der Waals surface area contributed by atoms with Gasteiger partial charge < -0.3 is 9.64 Å². The van der Waals surface area contributed by atoms with Gasteiger partial charge in [-0.25, -0.2) is 13.4 Å². The van der Waals surface area contributed by atoms with E-state index in [0.29, 0.717) is 26.2 Å². The van der Waals surface area contributed by atoms with Crippen LogP contribution in [0.5, 0.6) is 0 Å². The Morgan fingerprint density at radius 1 is 1.04 bits per heavy atom. The summed E-state index contributed by atoms with van der Waals surface area (Å²) in [7, 11) is -3.42. The van der Waals surface area contributed by atoms with Gasteiger partial charge in [0.25, 0.3) is 0 Å². The van der Waals surface area contributed by atoms with Crippen molar-refractivity contribution in [3.8, 4) is 0 Å². The molecule has 2 fully saturated rings. The van der Waals surface area contributed by atoms with E-state index in [0.717, 1.165) is 35.2 Å². The topological polar surface area (TPSA) is 62.7 Å². The summed E-state index contributed by atoms with van der Waals surface area (Å²) in [5, 5.41) is 0. The molecule has 1 atom stereocenters. The van der Waals surface area contributed by atoms with Crippen LogP contribution in [0.3, 0.4) is 0 Å². The van der Waals surface area contributed by atoms with Gasteiger partial charge in [0.05, 0.1) is 6.61 Å². The third-order valence-corrected chi connectivity index (χ3v) is 7.47. The van der Waals surface area contributed by atoms with Crippen LogP contribution < -0.4 is 4.90 Å². The molecule has 0 spiro atoms. The van der Waals surface area contributed by atoms with Crippen LogP contribution in [-0.4, -0.2) is 50.5 Å². The van der Waals surface area contributed by atoms with Gasteiger partial charge in [0.1, 0.15) is 16.8 Å². The second-order valence-corrected chi connectivity index (χ2v) is 9.67. The molecule has 27 heavy (non-hydrogen) atoms. The number of pyridine rings is 1. The number of sulfonamides is 1. The van der Waals surface area contributed by atoms with Gasteiger partial charge in [0, 0.05) is 36.8 Å². The highest BCUT2D eigenvalue weighted by Gasteiger charge is 2.28. The first-order valence-corrected chi connectivity index (χ1v) is 11.4. The molecule has 2 aliphatic rings. The Hall–Kier alpha value is -1.48. The summed E-state index contributed by atoms with van der Waals surface area (Å²) < 4.78 is 33.8. The Morgan fingerprint density at radius 3 is 2.44 bits per heavy atom. The Bertz CT molecular complexity index is 881. The quantitative estimate of drug-likeness (QED) is 0.713. The Kier molecular flexibility index (Phi) is 5.50. The number of ether oxygens (including phenoxy) is 1. The van der Waals surface area contributed by atoms with Crippen molar-refractivity contribution in [1.82, 2.24) is 9.29 Å². The predicted octanol–water partition coefficient (Wildman–Crippen LogP) is 3.21. The van der Waals surface area contributed by atoms with E-state index >= 15 is 0 Å². The zero-order valence-corrected chi connectivity index (χ0v) is 17.3. The van der Waals surface area contributed by atoms with Crippen molar-refractivity contribution < 1.29 is 13.2 Å². The van der Waals surface area contributed by atoms with Crippen LogP contribution in [0.1, 0.15) is 24.5 Å². The molecular formula is C19H22BrN3O3S. The van der Waals surface area contributed by atoms with Crippen LogP contribution in [0.4, 0.5) is 5.82 Å². The molecule has 2 aromatic rings. The van der Waals surface area contributed by atoms with Crippen molar-refractivity contribution in [3.05, 3.63) is 52.6 Å². The van der Waals surface area contributed by atoms with E-state index in [2.05, 4.69) is 37.9 Å². The molecule has 1 aromatic carbocycles. The molecule has 6 nitrogen and oxygen atoms in total. The van der Waals surface area contributed by atoms with Crippen LogP contribution in [-0.2, 0) is 14.8 Å². The molecule has 0 aliphatic carbocycles. The van der Waals surface area contributed by atoms with Gasteiger partial charge in [-0.2, -0.15) is 4.31 Å². The number of nitrogens with zero attached hydrogens (tertiary/aromatic N) is 3. The largest absolute Gasteiger partial charge is 0.370 e. The number of morpholine rings is 1. The number of rotatable bonds is 4. The smallest absolute Gasteiger partial charge is 0.244 e. The van der Waals surface area contributed by atoms with Crippen LogP contribution in [0.2, 0.25) is 0 Å². The number of aromatic nitrogens is 1. The second-order valence-electron chi connectivity index (χ2n) is 6.82. The van der Waals surface area contributed by atoms with E-state index in [1.165, 1.54) is 6.20 Å². The van der Waals surface area contributed by atoms with Gasteiger partial charge in [-0.1, -0.05) is 28.1 Å². The highest BCUT2D eigenvalue weighted by Crippen LogP contribution is 2.27. The lowest BCUT2D eigenvalue weighted by Gasteiger charge is -2.34. The summed E-state index contributed by atoms with van der Waals surface area (Å²) in [6.45, 7) is 3.23. The lowest BCUT2D eigenvalue weighted by Crippen LogP contribution is -2.38. The van der Waals surface area contributed by atoms with Gasteiger partial charge in [0.2, 0.25) is 10.0 Å². The Balaban J connectivity index is 1.49. The molecular weight excluding hydrogens is 430 g/mol. The van der Waals surface area contributed by atoms with Crippen LogP contribution in [0.25, 0.3) is 0 Å². The van der Waals surface area contributed by atoms with E-state index in [1.807, 2.05) is 12.1 Å². The maximum Gasteiger partial charge on any atom is 0.244 e. The summed E-state index contributed by atoms with van der Waals surface area (Å²) in [5.74, 6) is 0.779. The average molecular weight is 452 g/mol. The number of hydrogen-bond donors (Lipinski definition) is 0. The molecule has 2 aliphatic heterocycles. The number of anilines is 1. The van der Waals surface area contributed by atoms with Gasteiger partial charge in [-0.3, -0.25) is 0 Å². The molecule has 144 valence electrons. The molecule has 1 aromatic heterocycles. The minimum atomic E-state index is -3.42. The van der Waals surface area contributed by atoms with Crippen molar-refractivity contribution in [2.75, 3.05) is 37.7 Å². The fraction of sp³-hybridized carbons (Fsp3) is 0.421. The minimum Gasteiger partial charge on any atom is -0.370 e. The SMILES string of the molecule is O=S(=O)(c1ccc(N2CCOC(c3ccc(Br)cc3)C2)nc1)N1CCCC1. The second kappa shape index (κ2) is 7.87. The van der Waals surface area contributed by atoms with E-state index in [1.54, 1.807) is 16.4 Å². The summed E-state index contributed by atoms with van der Waals surface area (Å²) in [4.78, 5) is 6.85. The lowest BCUT2D eigenvalue weighted by molar-refractivity contribution is 0.0395. The van der Waals surface area contributed by atoms with Crippen LogP contribution in [0.15, 0.2) is 52.0 Å². The molecule has 0 bridgehead atoms. The van der Waals surface area contributed by atoms with Crippen LogP contribution >= 0.6 is 15.9 Å². The van der Waals surface area contributed by atoms with Gasteiger partial charge >= 0.3 is 0 Å². The molecule has 8 heteroatoms. The summed E-state index contributed by atoms with van der Waals surface area (Å²) in [5.41, 5.74) is 1.12. The monoisotopic (exact) mass is 451 g/mol. The molecule has 2 saturated heterocycles. The first-order chi connectivity index (χ1) is 13.0. The van der Waals surface area contributed by atoms with Crippen molar-refractivity contribution in [3.63, 3.8) is 0 Å². The number of hydrogen-bond acceptors (Lipinski definition) is 5. The first-order valence-electron chi connectivity index (χ1n) is 9.12. The third-order valence-electron chi connectivity index (χ3n) is 5.06. The summed E-state index contributed by atoms with van der Waals surface area (Å²) in [6.07, 6.45) is 3.31. The molecule has 1 unspecified atom stereocenters. The third kappa shape index (κ3) is 4.03. The van der Waals surface area contributed by atoms with E-state index in [9.17, 15) is 8.42 Å². The Labute approximate surface area is 168 Å². The van der Waals surface area contributed by atoms with Crippen molar-refractivity contribution in [2.24, 2.45) is 0 Å². The van der Waals surface area contributed by atoms with Gasteiger partial charge in [-0.05, 0) is 42.7 Å². The Morgan fingerprint density at radius 2 is 1.78 bits per heavy atom. The minimum absolute atomic E-state index is 0.0262. The zero-order valence-electron chi connectivity index (χ0n) is 14.9. The van der Waals surface area contributed by atoms with Crippen LogP contribution in [0, 0.1) is 0 Å². The lowest BCUT2D eigenvalue weighted by atomic mass is 10.1. The molecule has 0 amide bonds. The normalized spacial score (nSPS) is 21.5. The van der Waals surface area contributed by atoms with Crippen molar-refractivity contribution in [2.45, 2.75) is 23.8 Å². The number of halogens is 1. The molecule has 0 saturated carbocycles. The number of benzene rings is 1. The standard InChI is InChI=1S/C19H22BrN3O3S/c20-16-5-3-15(4-6-16)18-14-22(11-12-26-18)19-8-7-17(13-21-19)27(24,25)23-9-1-2-10-23/h3-8,13,18H,1-2,9-12,14H2. The highest BCUT2D eigenvalue weighted by molar-refractivity contribution is 9.10. The van der Waals surface area contributed by atoms with Crippen molar-refractivity contribution >= 4 is 31.8 Å². The fourth-order valence-corrected chi connectivity index (χ4v) is 5.25. The first kappa shape index (κ1) is 18.9. The van der Waals surface area contributed by atoms with E-state index in [-0.39, 0.29) is 11.0 Å². The van der Waals surface area contributed by atoms with E-state index < -0.39 is 10.0 Å². The summed E-state index contributed by atoms with van der Waals surface area (Å²) >= 11 is 3.45. The predicted molar refractivity (Wildman–Crippen MR) is 107 cm³/mol. The molecule has 3 heterocycles. The maximum absolute atomic E-state index is 12.6. The molecule has 4 rings (SSSR count). The zero-order chi connectivity index (χ0) is 18.9. The average Bonchev–Trinajstić information content (AvgIpc) is 3.25. The van der Waals surface area contributed by atoms with Crippen molar-refractivity contribution in [1.29, 1.82) is 0 Å². The van der Waals surface area contributed by atoms with Gasteiger partial charge in [-0.15, -0.1) is 0 Å². The summed E-state index contributed by atoms with van der Waals surface area (Å²) in [6, 6.07) is 11.6. The maximum atomic E-state index is 12.6.